The van der Waals surface area contributed by atoms with E-state index in [0.29, 0.717) is 11.3 Å². The molecule has 4 nitrogen and oxygen atoms in total. The van der Waals surface area contributed by atoms with Crippen molar-refractivity contribution >= 4 is 17.6 Å². The van der Waals surface area contributed by atoms with E-state index in [9.17, 15) is 15.0 Å². The van der Waals surface area contributed by atoms with Crippen molar-refractivity contribution in [1.82, 2.24) is 0 Å². The Bertz CT molecular complexity index is 642. The van der Waals surface area contributed by atoms with Gasteiger partial charge in [0, 0.05) is 0 Å². The molecule has 0 unspecified atom stereocenters. The summed E-state index contributed by atoms with van der Waals surface area (Å²) >= 11 is 0. The van der Waals surface area contributed by atoms with Gasteiger partial charge in [-0.1, -0.05) is 24.3 Å². The summed E-state index contributed by atoms with van der Waals surface area (Å²) in [5.41, 5.74) is 1.41. The van der Waals surface area contributed by atoms with E-state index in [2.05, 4.69) is 0 Å². The number of rotatable bonds is 4. The summed E-state index contributed by atoms with van der Waals surface area (Å²) in [6.07, 6.45) is 1.57. The zero-order chi connectivity index (χ0) is 14.5. The van der Waals surface area contributed by atoms with Gasteiger partial charge in [-0.2, -0.15) is 0 Å². The Kier molecular flexibility index (Phi) is 4.05. The van der Waals surface area contributed by atoms with Crippen molar-refractivity contribution in [3.63, 3.8) is 0 Å². The summed E-state index contributed by atoms with van der Waals surface area (Å²) in [5.74, 6) is -0.271. The fourth-order valence-corrected chi connectivity index (χ4v) is 1.81. The number of hydrogen-bond acceptors (Lipinski definition) is 3. The number of ether oxygens (including phenoxy) is 1. The molecule has 0 radical (unpaired) electrons. The molecule has 2 N–H and O–H groups in total. The van der Waals surface area contributed by atoms with Crippen LogP contribution in [0, 0.1) is 0 Å². The second-order valence-electron chi connectivity index (χ2n) is 4.19. The molecule has 0 saturated carbocycles. The fourth-order valence-electron chi connectivity index (χ4n) is 1.81. The van der Waals surface area contributed by atoms with Crippen LogP contribution in [0.4, 0.5) is 0 Å². The number of aromatic hydroxyl groups is 1. The minimum atomic E-state index is -1.03. The summed E-state index contributed by atoms with van der Waals surface area (Å²) in [4.78, 5) is 11.4. The summed E-state index contributed by atoms with van der Waals surface area (Å²) in [7, 11) is 1.56. The number of carbonyl (C=O) groups is 1. The van der Waals surface area contributed by atoms with Gasteiger partial charge in [0.1, 0.15) is 11.5 Å². The Morgan fingerprint density at radius 1 is 1.15 bits per heavy atom. The second-order valence-corrected chi connectivity index (χ2v) is 4.19. The molecule has 2 aromatic carbocycles. The van der Waals surface area contributed by atoms with Crippen molar-refractivity contribution < 1.29 is 19.7 Å². The monoisotopic (exact) mass is 270 g/mol. The van der Waals surface area contributed by atoms with Gasteiger partial charge < -0.3 is 14.9 Å². The summed E-state index contributed by atoms with van der Waals surface area (Å²) in [6, 6.07) is 13.2. The molecule has 0 amide bonds. The molecule has 0 aliphatic heterocycles. The molecule has 0 heterocycles. The first-order valence-corrected chi connectivity index (χ1v) is 5.98. The third kappa shape index (κ3) is 3.17. The minimum absolute atomic E-state index is 0.0971. The van der Waals surface area contributed by atoms with Crippen molar-refractivity contribution in [2.24, 2.45) is 0 Å². The molecule has 0 saturated heterocycles. The molecule has 2 rings (SSSR count). The van der Waals surface area contributed by atoms with E-state index in [1.54, 1.807) is 49.6 Å². The largest absolute Gasteiger partial charge is 0.508 e. The van der Waals surface area contributed by atoms with E-state index >= 15 is 0 Å². The lowest BCUT2D eigenvalue weighted by Gasteiger charge is -2.05. The molecule has 2 aromatic rings. The quantitative estimate of drug-likeness (QED) is 0.662. The highest BCUT2D eigenvalue weighted by Gasteiger charge is 2.10. The molecule has 4 heteroatoms. The molecule has 0 atom stereocenters. The molecule has 0 aromatic heterocycles. The molecule has 0 bridgehead atoms. The van der Waals surface area contributed by atoms with Gasteiger partial charge in [0.15, 0.2) is 0 Å². The fraction of sp³-hybridized carbons (Fsp3) is 0.0625. The number of methoxy groups -OCH3 is 1. The van der Waals surface area contributed by atoms with Crippen molar-refractivity contribution in [1.29, 1.82) is 0 Å². The number of phenols is 1. The van der Waals surface area contributed by atoms with Crippen LogP contribution in [0.3, 0.4) is 0 Å². The third-order valence-electron chi connectivity index (χ3n) is 2.81. The number of benzene rings is 2. The lowest BCUT2D eigenvalue weighted by atomic mass is 10.0. The maximum Gasteiger partial charge on any atom is 0.336 e. The number of aliphatic carboxylic acids is 1. The molecule has 102 valence electrons. The van der Waals surface area contributed by atoms with Crippen LogP contribution in [-0.2, 0) is 4.79 Å². The molecular weight excluding hydrogens is 256 g/mol. The van der Waals surface area contributed by atoms with Gasteiger partial charge in [-0.05, 0) is 41.5 Å². The van der Waals surface area contributed by atoms with Gasteiger partial charge in [-0.25, -0.2) is 4.79 Å². The molecule has 20 heavy (non-hydrogen) atoms. The first-order valence-electron chi connectivity index (χ1n) is 5.98. The number of hydrogen-bond donors (Lipinski definition) is 2. The third-order valence-corrected chi connectivity index (χ3v) is 2.81. The van der Waals surface area contributed by atoms with Crippen molar-refractivity contribution in [2.75, 3.05) is 7.11 Å². The lowest BCUT2D eigenvalue weighted by Crippen LogP contribution is -1.99. The van der Waals surface area contributed by atoms with Gasteiger partial charge >= 0.3 is 5.97 Å². The highest BCUT2D eigenvalue weighted by Crippen LogP contribution is 2.22. The van der Waals surface area contributed by atoms with Crippen LogP contribution in [0.25, 0.3) is 11.6 Å². The Morgan fingerprint density at radius 3 is 2.45 bits per heavy atom. The molecule has 0 aliphatic carbocycles. The maximum atomic E-state index is 11.4. The first-order chi connectivity index (χ1) is 9.60. The standard InChI is InChI=1S/C16H14O4/c1-20-14-4-2-3-11(9-14)10-15(16(18)19)12-5-7-13(17)8-6-12/h2-10,17H,1H3,(H,18,19)/b15-10+. The zero-order valence-electron chi connectivity index (χ0n) is 10.9. The van der Waals surface area contributed by atoms with E-state index in [4.69, 9.17) is 4.74 Å². The predicted octanol–water partition coefficient (Wildman–Crippen LogP) is 3.03. The van der Waals surface area contributed by atoms with Crippen LogP contribution in [0.1, 0.15) is 11.1 Å². The van der Waals surface area contributed by atoms with Crippen molar-refractivity contribution in [3.05, 3.63) is 59.7 Å². The van der Waals surface area contributed by atoms with E-state index in [-0.39, 0.29) is 11.3 Å². The van der Waals surface area contributed by atoms with E-state index in [1.165, 1.54) is 12.1 Å². The van der Waals surface area contributed by atoms with Crippen LogP contribution in [-0.4, -0.2) is 23.3 Å². The lowest BCUT2D eigenvalue weighted by molar-refractivity contribution is -0.130. The zero-order valence-corrected chi connectivity index (χ0v) is 10.9. The Morgan fingerprint density at radius 2 is 1.85 bits per heavy atom. The van der Waals surface area contributed by atoms with E-state index < -0.39 is 5.97 Å². The van der Waals surface area contributed by atoms with Crippen LogP contribution >= 0.6 is 0 Å². The van der Waals surface area contributed by atoms with Gasteiger partial charge in [-0.3, -0.25) is 0 Å². The van der Waals surface area contributed by atoms with E-state index in [1.807, 2.05) is 0 Å². The van der Waals surface area contributed by atoms with E-state index in [0.717, 1.165) is 5.56 Å². The average Bonchev–Trinajstić information content (AvgIpc) is 2.46. The highest BCUT2D eigenvalue weighted by atomic mass is 16.5. The maximum absolute atomic E-state index is 11.4. The molecule has 0 aliphatic rings. The summed E-state index contributed by atoms with van der Waals surface area (Å²) in [5, 5.41) is 18.6. The van der Waals surface area contributed by atoms with Crippen LogP contribution in [0.15, 0.2) is 48.5 Å². The second kappa shape index (κ2) is 5.93. The molecule has 0 fully saturated rings. The number of phenolic OH excluding ortho intramolecular Hbond substituents is 1. The Balaban J connectivity index is 2.44. The topological polar surface area (TPSA) is 66.8 Å². The van der Waals surface area contributed by atoms with Crippen molar-refractivity contribution in [3.8, 4) is 11.5 Å². The van der Waals surface area contributed by atoms with Crippen LogP contribution in [0.5, 0.6) is 11.5 Å². The van der Waals surface area contributed by atoms with Crippen LogP contribution in [0.2, 0.25) is 0 Å². The van der Waals surface area contributed by atoms with Gasteiger partial charge in [0.05, 0.1) is 12.7 Å². The normalized spacial score (nSPS) is 11.2. The van der Waals surface area contributed by atoms with Gasteiger partial charge in [-0.15, -0.1) is 0 Å². The summed E-state index contributed by atoms with van der Waals surface area (Å²) < 4.78 is 5.11. The predicted molar refractivity (Wildman–Crippen MR) is 76.6 cm³/mol. The molecular formula is C16H14O4. The van der Waals surface area contributed by atoms with Crippen molar-refractivity contribution in [2.45, 2.75) is 0 Å². The molecule has 0 spiro atoms. The first kappa shape index (κ1) is 13.7. The van der Waals surface area contributed by atoms with Gasteiger partial charge in [0.2, 0.25) is 0 Å². The minimum Gasteiger partial charge on any atom is -0.508 e. The van der Waals surface area contributed by atoms with Gasteiger partial charge in [0.25, 0.3) is 0 Å². The number of carboxylic acid groups (broad SMARTS) is 1. The Hall–Kier alpha value is -2.75. The highest BCUT2D eigenvalue weighted by molar-refractivity contribution is 6.20. The summed E-state index contributed by atoms with van der Waals surface area (Å²) in [6.45, 7) is 0. The SMILES string of the molecule is COc1cccc(/C=C(/C(=O)O)c2ccc(O)cc2)c1. The smallest absolute Gasteiger partial charge is 0.336 e. The Labute approximate surface area is 116 Å². The number of carboxylic acids is 1. The van der Waals surface area contributed by atoms with Crippen LogP contribution < -0.4 is 4.74 Å². The average molecular weight is 270 g/mol.